The summed E-state index contributed by atoms with van der Waals surface area (Å²) in [4.78, 5) is 0. The smallest absolute Gasteiger partial charge is 0.368 e. The topological polar surface area (TPSA) is 55.4 Å². The zero-order chi connectivity index (χ0) is 23.0. The quantitative estimate of drug-likeness (QED) is 0.196. The minimum Gasteiger partial charge on any atom is -0.368 e. The lowest BCUT2D eigenvalue weighted by Gasteiger charge is -2.50. The van der Waals surface area contributed by atoms with Gasteiger partial charge in [0, 0.05) is 12.2 Å². The molecule has 0 radical (unpaired) electrons. The third-order valence-electron chi connectivity index (χ3n) is 3.57. The molecule has 0 N–H and O–H groups in total. The van der Waals surface area contributed by atoms with Gasteiger partial charge in [-0.2, -0.15) is 0 Å². The van der Waals surface area contributed by atoms with Crippen LogP contribution in [0.5, 0.6) is 0 Å². The van der Waals surface area contributed by atoms with Gasteiger partial charge < -0.3 is 27.5 Å². The summed E-state index contributed by atoms with van der Waals surface area (Å²) in [6.07, 6.45) is 0.751. The van der Waals surface area contributed by atoms with Crippen molar-refractivity contribution in [3.63, 3.8) is 0 Å². The lowest BCUT2D eigenvalue weighted by atomic mass is 10.1. The van der Waals surface area contributed by atoms with Crippen molar-refractivity contribution in [3.8, 4) is 0 Å². The van der Waals surface area contributed by atoms with Crippen molar-refractivity contribution in [2.45, 2.75) is 118 Å². The van der Waals surface area contributed by atoms with Crippen molar-refractivity contribution in [3.05, 3.63) is 24.9 Å². The van der Waals surface area contributed by atoms with Crippen molar-refractivity contribution in [2.75, 3.05) is 0 Å². The van der Waals surface area contributed by atoms with E-state index in [1.54, 1.807) is 18.7 Å². The van der Waals surface area contributed by atoms with E-state index in [0.29, 0.717) is 0 Å². The predicted octanol–water partition coefficient (Wildman–Crippen LogP) is 5.39. The van der Waals surface area contributed by atoms with Gasteiger partial charge in [0.1, 0.15) is 0 Å². The molecule has 0 aliphatic heterocycles. The van der Waals surface area contributed by atoms with E-state index in [2.05, 4.69) is 13.2 Å². The Bertz CT molecular complexity index is 484. The van der Waals surface area contributed by atoms with Gasteiger partial charge in [-0.25, -0.2) is 0 Å². The second-order valence-corrected chi connectivity index (χ2v) is 10.9. The molecule has 1 unspecified atom stereocenters. The minimum atomic E-state index is -3.39. The summed E-state index contributed by atoms with van der Waals surface area (Å²) in [5.74, 6) is -2.82. The van der Waals surface area contributed by atoms with E-state index in [4.69, 9.17) is 27.5 Å². The van der Waals surface area contributed by atoms with Crippen LogP contribution in [0.3, 0.4) is 0 Å². The van der Waals surface area contributed by atoms with Crippen molar-refractivity contribution in [1.82, 2.24) is 0 Å². The first-order valence-corrected chi connectivity index (χ1v) is 12.3. The Morgan fingerprint density at radius 3 is 1.28 bits per heavy atom. The van der Waals surface area contributed by atoms with Crippen LogP contribution in [0.2, 0.25) is 0 Å². The first-order valence-electron chi connectivity index (χ1n) is 10.5. The summed E-state index contributed by atoms with van der Waals surface area (Å²) in [7, 11) is -3.39. The van der Waals surface area contributed by atoms with E-state index in [-0.39, 0.29) is 30.5 Å². The maximum Gasteiger partial charge on any atom is 0.531 e. The Hall–Kier alpha value is -0.543. The Labute approximate surface area is 179 Å². The highest BCUT2D eigenvalue weighted by Gasteiger charge is 2.59. The Morgan fingerprint density at radius 2 is 1.03 bits per heavy atom. The van der Waals surface area contributed by atoms with E-state index in [0.717, 1.165) is 0 Å². The average molecular weight is 433 g/mol. The summed E-state index contributed by atoms with van der Waals surface area (Å²) in [5, 5.41) is 0. The highest BCUT2D eigenvalue weighted by molar-refractivity contribution is 6.66. The first kappa shape index (κ1) is 28.5. The van der Waals surface area contributed by atoms with Gasteiger partial charge in [-0.05, 0) is 87.9 Å². The van der Waals surface area contributed by atoms with E-state index < -0.39 is 20.4 Å². The standard InChI is InChI=1S/C22H44O6Si/c1-14-22(24-17(5)6,25-18(7)8)21(13,23-16(3)4)28-29(15-2,26-19(9)10)27-20(11)12/h14-20H,1-2H2,3-13H3. The molecular formula is C22H44O6Si. The van der Waals surface area contributed by atoms with Crippen molar-refractivity contribution >= 4 is 8.80 Å². The SMILES string of the molecule is C=CC(OC(C)C)(OC(C)C)C(C)(OC(C)C)O[Si](C=C)(OC(C)C)OC(C)C. The predicted molar refractivity (Wildman–Crippen MR) is 119 cm³/mol. The molecule has 0 saturated heterocycles. The van der Waals surface area contributed by atoms with Gasteiger partial charge in [0.15, 0.2) is 0 Å². The van der Waals surface area contributed by atoms with Gasteiger partial charge in [-0.1, -0.05) is 13.2 Å². The monoisotopic (exact) mass is 432 g/mol. The summed E-state index contributed by atoms with van der Waals surface area (Å²) in [5.41, 5.74) is 1.62. The molecule has 29 heavy (non-hydrogen) atoms. The number of hydrogen-bond acceptors (Lipinski definition) is 6. The van der Waals surface area contributed by atoms with Gasteiger partial charge in [-0.15, -0.1) is 0 Å². The van der Waals surface area contributed by atoms with Gasteiger partial charge in [0.2, 0.25) is 11.6 Å². The molecule has 0 fully saturated rings. The van der Waals surface area contributed by atoms with Gasteiger partial charge in [-0.3, -0.25) is 0 Å². The van der Waals surface area contributed by atoms with Gasteiger partial charge >= 0.3 is 8.80 Å². The molecule has 0 aromatic carbocycles. The molecule has 172 valence electrons. The highest BCUT2D eigenvalue weighted by atomic mass is 28.4. The molecule has 0 rings (SSSR count). The summed E-state index contributed by atoms with van der Waals surface area (Å²) in [6.45, 7) is 29.0. The lowest BCUT2D eigenvalue weighted by molar-refractivity contribution is -0.390. The molecule has 7 heteroatoms. The largest absolute Gasteiger partial charge is 0.531 e. The number of ether oxygens (including phenoxy) is 3. The first-order chi connectivity index (χ1) is 13.2. The maximum absolute atomic E-state index is 6.60. The Balaban J connectivity index is 6.56. The van der Waals surface area contributed by atoms with Crippen LogP contribution in [0, 0.1) is 0 Å². The molecule has 0 aromatic rings. The zero-order valence-corrected chi connectivity index (χ0v) is 21.4. The minimum absolute atomic E-state index is 0.142. The van der Waals surface area contributed by atoms with Crippen molar-refractivity contribution in [1.29, 1.82) is 0 Å². The van der Waals surface area contributed by atoms with Crippen molar-refractivity contribution < 1.29 is 27.5 Å². The molecule has 0 spiro atoms. The molecule has 0 aliphatic rings. The Kier molecular flexibility index (Phi) is 11.5. The van der Waals surface area contributed by atoms with Crippen LogP contribution < -0.4 is 0 Å². The van der Waals surface area contributed by atoms with Crippen LogP contribution in [-0.4, -0.2) is 50.9 Å². The number of hydrogen-bond donors (Lipinski definition) is 0. The molecule has 0 aliphatic carbocycles. The van der Waals surface area contributed by atoms with Crippen LogP contribution >= 0.6 is 0 Å². The van der Waals surface area contributed by atoms with E-state index >= 15 is 0 Å². The average Bonchev–Trinajstić information content (AvgIpc) is 2.50. The van der Waals surface area contributed by atoms with Gasteiger partial charge in [0.25, 0.3) is 0 Å². The molecule has 6 nitrogen and oxygen atoms in total. The van der Waals surface area contributed by atoms with Crippen LogP contribution in [0.25, 0.3) is 0 Å². The fourth-order valence-electron chi connectivity index (χ4n) is 2.99. The highest BCUT2D eigenvalue weighted by Crippen LogP contribution is 2.40. The zero-order valence-electron chi connectivity index (χ0n) is 20.4. The van der Waals surface area contributed by atoms with E-state index in [1.807, 2.05) is 69.2 Å². The second-order valence-electron chi connectivity index (χ2n) is 8.56. The lowest BCUT2D eigenvalue weighted by Crippen LogP contribution is -2.66. The molecule has 0 heterocycles. The molecule has 1 atom stereocenters. The summed E-state index contributed by atoms with van der Waals surface area (Å²) >= 11 is 0. The van der Waals surface area contributed by atoms with Crippen LogP contribution in [0.15, 0.2) is 24.9 Å². The Morgan fingerprint density at radius 1 is 0.655 bits per heavy atom. The molecule has 0 saturated carbocycles. The van der Waals surface area contributed by atoms with E-state index in [1.165, 1.54) is 0 Å². The van der Waals surface area contributed by atoms with Crippen LogP contribution in [0.1, 0.15) is 76.2 Å². The number of rotatable bonds is 15. The summed E-state index contributed by atoms with van der Waals surface area (Å²) < 4.78 is 37.8. The molecular weight excluding hydrogens is 388 g/mol. The maximum atomic E-state index is 6.60. The second kappa shape index (κ2) is 11.7. The van der Waals surface area contributed by atoms with Gasteiger partial charge in [0.05, 0.1) is 18.3 Å². The van der Waals surface area contributed by atoms with Crippen LogP contribution in [0.4, 0.5) is 0 Å². The van der Waals surface area contributed by atoms with Crippen LogP contribution in [-0.2, 0) is 27.5 Å². The fourth-order valence-corrected chi connectivity index (χ4v) is 5.47. The molecule has 0 aromatic heterocycles. The molecule has 0 bridgehead atoms. The molecule has 0 amide bonds. The summed E-state index contributed by atoms with van der Waals surface area (Å²) in [6, 6.07) is 0. The third kappa shape index (κ3) is 8.61. The fraction of sp³-hybridized carbons (Fsp3) is 0.818. The van der Waals surface area contributed by atoms with Crippen molar-refractivity contribution in [2.24, 2.45) is 0 Å². The third-order valence-corrected chi connectivity index (χ3v) is 6.34. The van der Waals surface area contributed by atoms with E-state index in [9.17, 15) is 0 Å². The normalized spacial score (nSPS) is 15.6.